The molecule has 2 nitrogen and oxygen atoms in total. The minimum absolute atomic E-state index is 0.706. The van der Waals surface area contributed by atoms with E-state index in [2.05, 4.69) is 83.4 Å². The van der Waals surface area contributed by atoms with Crippen LogP contribution in [0.15, 0.2) is 78.9 Å². The summed E-state index contributed by atoms with van der Waals surface area (Å²) in [6, 6.07) is 27.2. The topological polar surface area (TPSA) is 22.0 Å². The number of carbonyl (C=O) groups is 1. The summed E-state index contributed by atoms with van der Waals surface area (Å²) in [5.41, 5.74) is 6.57. The molecule has 26 heavy (non-hydrogen) atoms. The SMILES string of the molecule is O=Cc1ccc2n1Cc1ccccc1C=C2c1cccc2ccccc12. The minimum atomic E-state index is 0.706. The molecule has 0 atom stereocenters. The van der Waals surface area contributed by atoms with Crippen molar-refractivity contribution in [2.45, 2.75) is 6.54 Å². The molecule has 0 saturated carbocycles. The summed E-state index contributed by atoms with van der Waals surface area (Å²) in [6.45, 7) is 0.706. The lowest BCUT2D eigenvalue weighted by molar-refractivity contribution is 0.111. The third-order valence-electron chi connectivity index (χ3n) is 5.17. The van der Waals surface area contributed by atoms with Crippen molar-refractivity contribution in [2.75, 3.05) is 0 Å². The Morgan fingerprint density at radius 2 is 1.62 bits per heavy atom. The molecule has 0 bridgehead atoms. The number of hydrogen-bond acceptors (Lipinski definition) is 1. The van der Waals surface area contributed by atoms with Gasteiger partial charge in [-0.2, -0.15) is 0 Å². The predicted octanol–water partition coefficient (Wildman–Crippen LogP) is 5.40. The number of aldehydes is 1. The molecule has 0 fully saturated rings. The first-order valence-corrected chi connectivity index (χ1v) is 8.78. The number of aromatic nitrogens is 1. The van der Waals surface area contributed by atoms with Gasteiger partial charge in [-0.1, -0.05) is 66.7 Å². The van der Waals surface area contributed by atoms with Crippen molar-refractivity contribution in [1.29, 1.82) is 0 Å². The number of rotatable bonds is 2. The van der Waals surface area contributed by atoms with Crippen molar-refractivity contribution in [2.24, 2.45) is 0 Å². The van der Waals surface area contributed by atoms with Gasteiger partial charge in [0.15, 0.2) is 6.29 Å². The summed E-state index contributed by atoms with van der Waals surface area (Å²) in [5, 5.41) is 2.44. The van der Waals surface area contributed by atoms with Crippen molar-refractivity contribution in [1.82, 2.24) is 4.57 Å². The van der Waals surface area contributed by atoms with Crippen LogP contribution in [0, 0.1) is 0 Å². The van der Waals surface area contributed by atoms with Crippen molar-refractivity contribution in [3.63, 3.8) is 0 Å². The van der Waals surface area contributed by atoms with Crippen molar-refractivity contribution in [3.8, 4) is 0 Å². The highest BCUT2D eigenvalue weighted by atomic mass is 16.1. The van der Waals surface area contributed by atoms with Crippen LogP contribution in [0.2, 0.25) is 0 Å². The summed E-state index contributed by atoms with van der Waals surface area (Å²) < 4.78 is 2.12. The molecule has 0 spiro atoms. The molecular weight excluding hydrogens is 318 g/mol. The zero-order valence-electron chi connectivity index (χ0n) is 14.2. The number of nitrogens with zero attached hydrogens (tertiary/aromatic N) is 1. The van der Waals surface area contributed by atoms with E-state index in [0.717, 1.165) is 17.6 Å². The first kappa shape index (κ1) is 14.9. The van der Waals surface area contributed by atoms with E-state index in [1.165, 1.54) is 27.5 Å². The minimum Gasteiger partial charge on any atom is -0.334 e. The Morgan fingerprint density at radius 1 is 0.808 bits per heavy atom. The first-order valence-electron chi connectivity index (χ1n) is 8.78. The Balaban J connectivity index is 1.86. The first-order chi connectivity index (χ1) is 12.8. The number of hydrogen-bond donors (Lipinski definition) is 0. The van der Waals surface area contributed by atoms with Crippen LogP contribution in [-0.2, 0) is 6.54 Å². The molecule has 4 aromatic rings. The van der Waals surface area contributed by atoms with Gasteiger partial charge in [-0.05, 0) is 45.7 Å². The van der Waals surface area contributed by atoms with Crippen LogP contribution >= 0.6 is 0 Å². The van der Waals surface area contributed by atoms with Gasteiger partial charge < -0.3 is 4.57 Å². The zero-order valence-corrected chi connectivity index (χ0v) is 14.2. The lowest BCUT2D eigenvalue weighted by Crippen LogP contribution is -2.06. The summed E-state index contributed by atoms with van der Waals surface area (Å²) in [7, 11) is 0. The second-order valence-corrected chi connectivity index (χ2v) is 6.63. The highest BCUT2D eigenvalue weighted by Crippen LogP contribution is 2.35. The van der Waals surface area contributed by atoms with Crippen LogP contribution < -0.4 is 0 Å². The number of benzene rings is 3. The van der Waals surface area contributed by atoms with E-state index in [0.29, 0.717) is 12.2 Å². The average molecular weight is 335 g/mol. The fourth-order valence-electron chi connectivity index (χ4n) is 3.89. The van der Waals surface area contributed by atoms with Gasteiger partial charge in [0.2, 0.25) is 0 Å². The molecular formula is C24H17NO. The van der Waals surface area contributed by atoms with E-state index >= 15 is 0 Å². The van der Waals surface area contributed by atoms with Crippen LogP contribution in [0.5, 0.6) is 0 Å². The predicted molar refractivity (Wildman–Crippen MR) is 106 cm³/mol. The average Bonchev–Trinajstić information content (AvgIpc) is 3.01. The Hall–Kier alpha value is -3.39. The fraction of sp³-hybridized carbons (Fsp3) is 0.0417. The number of carbonyl (C=O) groups excluding carboxylic acids is 1. The van der Waals surface area contributed by atoms with Crippen LogP contribution in [0.3, 0.4) is 0 Å². The molecule has 0 amide bonds. The second-order valence-electron chi connectivity index (χ2n) is 6.63. The molecule has 1 aliphatic rings. The molecule has 0 N–H and O–H groups in total. The van der Waals surface area contributed by atoms with E-state index in [-0.39, 0.29) is 0 Å². The monoisotopic (exact) mass is 335 g/mol. The summed E-state index contributed by atoms with van der Waals surface area (Å²) in [4.78, 5) is 11.6. The van der Waals surface area contributed by atoms with E-state index < -0.39 is 0 Å². The fourth-order valence-corrected chi connectivity index (χ4v) is 3.89. The molecule has 3 aromatic carbocycles. The molecule has 124 valence electrons. The molecule has 0 saturated heterocycles. The standard InChI is InChI=1S/C24H17NO/c26-16-20-12-13-24-23(14-18-7-1-2-8-19(18)15-25(20)24)22-11-5-9-17-6-3-4-10-21(17)22/h1-14,16H,15H2. The Morgan fingerprint density at radius 3 is 2.54 bits per heavy atom. The van der Waals surface area contributed by atoms with Crippen molar-refractivity contribution < 1.29 is 4.79 Å². The van der Waals surface area contributed by atoms with Crippen LogP contribution in [0.25, 0.3) is 22.4 Å². The van der Waals surface area contributed by atoms with Crippen molar-refractivity contribution in [3.05, 3.63) is 107 Å². The van der Waals surface area contributed by atoms with Gasteiger partial charge >= 0.3 is 0 Å². The third kappa shape index (κ3) is 2.23. The maximum Gasteiger partial charge on any atom is 0.166 e. The Bertz CT molecular complexity index is 1170. The van der Waals surface area contributed by atoms with Gasteiger partial charge in [-0.15, -0.1) is 0 Å². The smallest absolute Gasteiger partial charge is 0.166 e. The van der Waals surface area contributed by atoms with Crippen LogP contribution in [-0.4, -0.2) is 10.9 Å². The molecule has 2 heteroatoms. The quantitative estimate of drug-likeness (QED) is 0.396. The molecule has 0 radical (unpaired) electrons. The van der Waals surface area contributed by atoms with Crippen LogP contribution in [0.4, 0.5) is 0 Å². The molecule has 5 rings (SSSR count). The Kier molecular flexibility index (Phi) is 3.36. The lowest BCUT2D eigenvalue weighted by Gasteiger charge is -2.13. The van der Waals surface area contributed by atoms with E-state index in [4.69, 9.17) is 0 Å². The number of fused-ring (bicyclic) bond motifs is 3. The second kappa shape index (κ2) is 5.85. The maximum atomic E-state index is 11.6. The molecule has 1 aromatic heterocycles. The van der Waals surface area contributed by atoms with E-state index in [1.807, 2.05) is 6.07 Å². The van der Waals surface area contributed by atoms with Crippen LogP contribution in [0.1, 0.15) is 32.9 Å². The van der Waals surface area contributed by atoms with Gasteiger partial charge in [-0.3, -0.25) is 4.79 Å². The van der Waals surface area contributed by atoms with E-state index in [1.54, 1.807) is 0 Å². The van der Waals surface area contributed by atoms with Crippen molar-refractivity contribution >= 4 is 28.7 Å². The molecule has 1 aliphatic heterocycles. The van der Waals surface area contributed by atoms with Gasteiger partial charge in [-0.25, -0.2) is 0 Å². The molecule has 2 heterocycles. The summed E-state index contributed by atoms with van der Waals surface area (Å²) >= 11 is 0. The maximum absolute atomic E-state index is 11.6. The Labute approximate surface area is 152 Å². The van der Waals surface area contributed by atoms with Gasteiger partial charge in [0.25, 0.3) is 0 Å². The summed E-state index contributed by atoms with van der Waals surface area (Å²) in [5.74, 6) is 0. The van der Waals surface area contributed by atoms with Gasteiger partial charge in [0, 0.05) is 17.8 Å². The van der Waals surface area contributed by atoms with Gasteiger partial charge in [0.05, 0.1) is 5.69 Å². The third-order valence-corrected chi connectivity index (χ3v) is 5.17. The molecule has 0 unspecified atom stereocenters. The largest absolute Gasteiger partial charge is 0.334 e. The highest BCUT2D eigenvalue weighted by Gasteiger charge is 2.19. The normalized spacial score (nSPS) is 12.8. The van der Waals surface area contributed by atoms with E-state index in [9.17, 15) is 4.79 Å². The molecule has 0 aliphatic carbocycles. The zero-order chi connectivity index (χ0) is 17.5. The lowest BCUT2D eigenvalue weighted by atomic mass is 9.94. The highest BCUT2D eigenvalue weighted by molar-refractivity contribution is 6.03. The summed E-state index contributed by atoms with van der Waals surface area (Å²) in [6.07, 6.45) is 3.20. The van der Waals surface area contributed by atoms with Gasteiger partial charge in [0.1, 0.15) is 0 Å².